The van der Waals surface area contributed by atoms with Gasteiger partial charge >= 0.3 is 5.97 Å². The van der Waals surface area contributed by atoms with Gasteiger partial charge < -0.3 is 19.3 Å². The van der Waals surface area contributed by atoms with Crippen molar-refractivity contribution in [2.24, 2.45) is 5.41 Å². The Kier molecular flexibility index (Phi) is 4.32. The van der Waals surface area contributed by atoms with Gasteiger partial charge in [-0.25, -0.2) is 0 Å². The molecular formula is C18H22N2O4. The Hall–Kier alpha value is -2.34. The molecule has 2 heterocycles. The molecule has 0 spiro atoms. The van der Waals surface area contributed by atoms with E-state index in [1.165, 1.54) is 0 Å². The number of aliphatic carboxylic acids is 1. The minimum absolute atomic E-state index is 0.104. The maximum absolute atomic E-state index is 12.9. The average Bonchev–Trinajstić information content (AvgIpc) is 3.15. The molecule has 1 aliphatic rings. The maximum Gasteiger partial charge on any atom is 0.311 e. The van der Waals surface area contributed by atoms with Crippen LogP contribution in [0.2, 0.25) is 0 Å². The number of benzene rings is 1. The second-order valence-corrected chi connectivity index (χ2v) is 6.59. The van der Waals surface area contributed by atoms with Crippen molar-refractivity contribution in [2.45, 2.75) is 19.9 Å². The number of ether oxygens (including phenoxy) is 1. The molecule has 1 atom stereocenters. The molecule has 1 fully saturated rings. The van der Waals surface area contributed by atoms with Crippen LogP contribution in [0.15, 0.2) is 30.5 Å². The van der Waals surface area contributed by atoms with Crippen LogP contribution >= 0.6 is 0 Å². The lowest BCUT2D eigenvalue weighted by atomic mass is 9.90. The quantitative estimate of drug-likeness (QED) is 0.912. The molecule has 0 radical (unpaired) electrons. The SMILES string of the molecule is COCCn1cc(C(=O)N2CC[C@@](C)(C(=O)O)C2)c2ccccc21. The summed E-state index contributed by atoms with van der Waals surface area (Å²) >= 11 is 0. The standard InChI is InChI=1S/C18H22N2O4/c1-18(17(22)23)7-8-20(12-18)16(21)14-11-19(9-10-24-2)15-6-4-3-5-13(14)15/h3-6,11H,7-10,12H2,1-2H3,(H,22,23)/t18-/m1/s1. The van der Waals surface area contributed by atoms with Crippen molar-refractivity contribution >= 4 is 22.8 Å². The highest BCUT2D eigenvalue weighted by atomic mass is 16.5. The number of carbonyl (C=O) groups excluding carboxylic acids is 1. The van der Waals surface area contributed by atoms with Gasteiger partial charge in [-0.2, -0.15) is 0 Å². The van der Waals surface area contributed by atoms with E-state index in [1.807, 2.05) is 35.0 Å². The second-order valence-electron chi connectivity index (χ2n) is 6.59. The first kappa shape index (κ1) is 16.5. The third-order valence-corrected chi connectivity index (χ3v) is 4.83. The minimum Gasteiger partial charge on any atom is -0.481 e. The number of methoxy groups -OCH3 is 1. The van der Waals surface area contributed by atoms with Crippen molar-refractivity contribution in [3.05, 3.63) is 36.0 Å². The normalized spacial score (nSPS) is 20.7. The van der Waals surface area contributed by atoms with Gasteiger partial charge in [0.15, 0.2) is 0 Å². The Morgan fingerprint density at radius 2 is 2.08 bits per heavy atom. The Bertz CT molecular complexity index is 782. The van der Waals surface area contributed by atoms with Gasteiger partial charge in [-0.05, 0) is 19.4 Å². The van der Waals surface area contributed by atoms with Crippen molar-refractivity contribution in [3.8, 4) is 0 Å². The summed E-state index contributed by atoms with van der Waals surface area (Å²) in [5.74, 6) is -0.951. The molecule has 0 bridgehead atoms. The zero-order valence-electron chi connectivity index (χ0n) is 14.0. The van der Waals surface area contributed by atoms with E-state index in [2.05, 4.69) is 0 Å². The Morgan fingerprint density at radius 3 is 2.75 bits per heavy atom. The summed E-state index contributed by atoms with van der Waals surface area (Å²) in [5, 5.41) is 10.3. The number of hydrogen-bond donors (Lipinski definition) is 1. The van der Waals surface area contributed by atoms with Crippen LogP contribution in [0.1, 0.15) is 23.7 Å². The van der Waals surface area contributed by atoms with Crippen LogP contribution in [0.5, 0.6) is 0 Å². The number of para-hydroxylation sites is 1. The number of rotatable bonds is 5. The Balaban J connectivity index is 1.92. The lowest BCUT2D eigenvalue weighted by Gasteiger charge is -2.20. The first-order valence-electron chi connectivity index (χ1n) is 8.06. The van der Waals surface area contributed by atoms with Gasteiger partial charge in [0, 0.05) is 43.8 Å². The van der Waals surface area contributed by atoms with Gasteiger partial charge in [0.1, 0.15) is 0 Å². The van der Waals surface area contributed by atoms with Gasteiger partial charge in [0.05, 0.1) is 17.6 Å². The molecule has 0 aliphatic carbocycles. The van der Waals surface area contributed by atoms with Crippen LogP contribution in [-0.4, -0.2) is 53.3 Å². The molecule has 1 aliphatic heterocycles. The van der Waals surface area contributed by atoms with Crippen LogP contribution in [-0.2, 0) is 16.1 Å². The predicted octanol–water partition coefficient (Wildman–Crippen LogP) is 2.22. The highest BCUT2D eigenvalue weighted by molar-refractivity contribution is 6.07. The van der Waals surface area contributed by atoms with Gasteiger partial charge in [0.25, 0.3) is 5.91 Å². The number of carbonyl (C=O) groups is 2. The molecule has 6 heteroatoms. The molecule has 1 amide bonds. The predicted molar refractivity (Wildman–Crippen MR) is 90.1 cm³/mol. The number of aromatic nitrogens is 1. The van der Waals surface area contributed by atoms with E-state index in [1.54, 1.807) is 18.9 Å². The van der Waals surface area contributed by atoms with Gasteiger partial charge in [0.2, 0.25) is 0 Å². The monoisotopic (exact) mass is 330 g/mol. The van der Waals surface area contributed by atoms with E-state index in [0.717, 1.165) is 10.9 Å². The fraction of sp³-hybridized carbons (Fsp3) is 0.444. The topological polar surface area (TPSA) is 71.8 Å². The third-order valence-electron chi connectivity index (χ3n) is 4.83. The van der Waals surface area contributed by atoms with Gasteiger partial charge in [-0.3, -0.25) is 9.59 Å². The average molecular weight is 330 g/mol. The summed E-state index contributed by atoms with van der Waals surface area (Å²) in [4.78, 5) is 26.0. The molecule has 1 saturated heterocycles. The molecule has 24 heavy (non-hydrogen) atoms. The lowest BCUT2D eigenvalue weighted by Crippen LogP contribution is -2.34. The lowest BCUT2D eigenvalue weighted by molar-refractivity contribution is -0.147. The van der Waals surface area contributed by atoms with E-state index in [4.69, 9.17) is 4.74 Å². The van der Waals surface area contributed by atoms with Crippen molar-refractivity contribution in [1.82, 2.24) is 9.47 Å². The number of nitrogens with zero attached hydrogens (tertiary/aromatic N) is 2. The van der Waals surface area contributed by atoms with E-state index < -0.39 is 11.4 Å². The summed E-state index contributed by atoms with van der Waals surface area (Å²) in [6.07, 6.45) is 2.33. The number of hydrogen-bond acceptors (Lipinski definition) is 3. The molecule has 1 N–H and O–H groups in total. The first-order valence-corrected chi connectivity index (χ1v) is 8.06. The molecule has 6 nitrogen and oxygen atoms in total. The molecule has 128 valence electrons. The Morgan fingerprint density at radius 1 is 1.33 bits per heavy atom. The molecule has 2 aromatic rings. The molecule has 1 aromatic carbocycles. The number of fused-ring (bicyclic) bond motifs is 1. The number of carboxylic acid groups (broad SMARTS) is 1. The highest BCUT2D eigenvalue weighted by Gasteiger charge is 2.42. The molecule has 3 rings (SSSR count). The molecule has 0 unspecified atom stereocenters. The van der Waals surface area contributed by atoms with Crippen LogP contribution in [0.3, 0.4) is 0 Å². The van der Waals surface area contributed by atoms with Gasteiger partial charge in [-0.1, -0.05) is 18.2 Å². The van der Waals surface area contributed by atoms with Crippen LogP contribution in [0.4, 0.5) is 0 Å². The van der Waals surface area contributed by atoms with Crippen molar-refractivity contribution in [2.75, 3.05) is 26.8 Å². The summed E-state index contributed by atoms with van der Waals surface area (Å²) in [7, 11) is 1.65. The van der Waals surface area contributed by atoms with Crippen LogP contribution in [0.25, 0.3) is 10.9 Å². The number of likely N-dealkylation sites (tertiary alicyclic amines) is 1. The Labute approximate surface area is 140 Å². The zero-order chi connectivity index (χ0) is 17.3. The molecule has 0 saturated carbocycles. The minimum atomic E-state index is -0.857. The zero-order valence-corrected chi connectivity index (χ0v) is 14.0. The fourth-order valence-corrected chi connectivity index (χ4v) is 3.27. The number of carboxylic acids is 1. The largest absolute Gasteiger partial charge is 0.481 e. The van der Waals surface area contributed by atoms with E-state index >= 15 is 0 Å². The third kappa shape index (κ3) is 2.78. The van der Waals surface area contributed by atoms with E-state index in [0.29, 0.717) is 31.7 Å². The summed E-state index contributed by atoms with van der Waals surface area (Å²) in [5.41, 5.74) is 0.749. The fourth-order valence-electron chi connectivity index (χ4n) is 3.27. The van der Waals surface area contributed by atoms with Crippen LogP contribution in [0, 0.1) is 5.41 Å². The summed E-state index contributed by atoms with van der Waals surface area (Å²) in [6, 6.07) is 7.76. The summed E-state index contributed by atoms with van der Waals surface area (Å²) in [6.45, 7) is 3.65. The summed E-state index contributed by atoms with van der Waals surface area (Å²) < 4.78 is 7.15. The second kappa shape index (κ2) is 6.28. The highest BCUT2D eigenvalue weighted by Crippen LogP contribution is 2.32. The van der Waals surface area contributed by atoms with Crippen LogP contribution < -0.4 is 0 Å². The number of amides is 1. The van der Waals surface area contributed by atoms with E-state index in [-0.39, 0.29) is 12.5 Å². The maximum atomic E-state index is 12.9. The molecular weight excluding hydrogens is 308 g/mol. The molecule has 1 aromatic heterocycles. The van der Waals surface area contributed by atoms with E-state index in [9.17, 15) is 14.7 Å². The van der Waals surface area contributed by atoms with Gasteiger partial charge in [-0.15, -0.1) is 0 Å². The first-order chi connectivity index (χ1) is 11.5. The van der Waals surface area contributed by atoms with Crippen molar-refractivity contribution in [1.29, 1.82) is 0 Å². The smallest absolute Gasteiger partial charge is 0.311 e. The van der Waals surface area contributed by atoms with Crippen molar-refractivity contribution < 1.29 is 19.4 Å². The van der Waals surface area contributed by atoms with Crippen molar-refractivity contribution in [3.63, 3.8) is 0 Å².